The molecule has 0 aliphatic carbocycles. The van der Waals surface area contributed by atoms with Crippen molar-refractivity contribution < 1.29 is 0 Å². The van der Waals surface area contributed by atoms with Gasteiger partial charge in [0, 0.05) is 35.9 Å². The van der Waals surface area contributed by atoms with Gasteiger partial charge in [0.25, 0.3) is 0 Å². The first kappa shape index (κ1) is 14.6. The van der Waals surface area contributed by atoms with Crippen molar-refractivity contribution in [3.63, 3.8) is 0 Å². The van der Waals surface area contributed by atoms with E-state index in [0.29, 0.717) is 5.92 Å². The average molecular weight is 301 g/mol. The number of hydrogen-bond acceptors (Lipinski definition) is 2. The summed E-state index contributed by atoms with van der Waals surface area (Å²) >= 11 is 6.09. The number of benzene rings is 1. The van der Waals surface area contributed by atoms with Gasteiger partial charge >= 0.3 is 0 Å². The van der Waals surface area contributed by atoms with E-state index in [-0.39, 0.29) is 0 Å². The highest BCUT2D eigenvalue weighted by Gasteiger charge is 2.23. The topological polar surface area (TPSA) is 16.1 Å². The van der Waals surface area contributed by atoms with Crippen molar-refractivity contribution in [3.05, 3.63) is 64.4 Å². The zero-order valence-corrected chi connectivity index (χ0v) is 13.2. The fourth-order valence-corrected chi connectivity index (χ4v) is 3.28. The summed E-state index contributed by atoms with van der Waals surface area (Å²) in [5, 5.41) is 0.843. The van der Waals surface area contributed by atoms with Gasteiger partial charge in [0.05, 0.1) is 0 Å². The maximum atomic E-state index is 6.09. The molecular formula is C18H21ClN2. The Bertz CT molecular complexity index is 612. The van der Waals surface area contributed by atoms with Crippen LogP contribution in [0.2, 0.25) is 5.02 Å². The second-order valence-electron chi connectivity index (χ2n) is 5.86. The van der Waals surface area contributed by atoms with Crippen LogP contribution >= 0.6 is 11.6 Å². The van der Waals surface area contributed by atoms with Crippen molar-refractivity contribution >= 4 is 11.6 Å². The van der Waals surface area contributed by atoms with Crippen LogP contribution in [0.25, 0.3) is 0 Å². The molecule has 2 aromatic rings. The van der Waals surface area contributed by atoms with Crippen LogP contribution in [-0.2, 0) is 6.42 Å². The fraction of sp³-hybridized carbons (Fsp3) is 0.389. The Morgan fingerprint density at radius 1 is 1.24 bits per heavy atom. The first-order chi connectivity index (χ1) is 10.2. The number of aryl methyl sites for hydroxylation is 1. The largest absolute Gasteiger partial charge is 0.302 e. The molecule has 3 rings (SSSR count). The van der Waals surface area contributed by atoms with Crippen molar-refractivity contribution in [1.82, 2.24) is 9.88 Å². The number of nitrogens with zero attached hydrogens (tertiary/aromatic N) is 2. The number of rotatable bonds is 4. The molecule has 2 heterocycles. The number of pyridine rings is 1. The van der Waals surface area contributed by atoms with Gasteiger partial charge in [-0.2, -0.15) is 0 Å². The summed E-state index contributed by atoms with van der Waals surface area (Å²) in [6.45, 7) is 5.44. The van der Waals surface area contributed by atoms with Crippen molar-refractivity contribution in [1.29, 1.82) is 0 Å². The monoisotopic (exact) mass is 300 g/mol. The molecule has 1 aliphatic heterocycles. The molecule has 0 amide bonds. The highest BCUT2D eigenvalue weighted by Crippen LogP contribution is 2.28. The molecule has 0 unspecified atom stereocenters. The molecule has 1 saturated heterocycles. The van der Waals surface area contributed by atoms with Crippen LogP contribution in [-0.4, -0.2) is 29.5 Å². The molecule has 1 atom stereocenters. The quantitative estimate of drug-likeness (QED) is 0.846. The molecule has 1 aromatic heterocycles. The molecule has 1 aliphatic rings. The first-order valence-electron chi connectivity index (χ1n) is 7.61. The fourth-order valence-electron chi connectivity index (χ4n) is 3.08. The van der Waals surface area contributed by atoms with Crippen LogP contribution in [0.15, 0.2) is 42.5 Å². The lowest BCUT2D eigenvalue weighted by Gasteiger charge is -2.16. The van der Waals surface area contributed by atoms with Crippen LogP contribution in [0, 0.1) is 6.92 Å². The van der Waals surface area contributed by atoms with Crippen LogP contribution in [0.4, 0.5) is 0 Å². The van der Waals surface area contributed by atoms with Gasteiger partial charge in [0.1, 0.15) is 0 Å². The third-order valence-electron chi connectivity index (χ3n) is 4.22. The molecular weight excluding hydrogens is 280 g/mol. The molecule has 2 nitrogen and oxygen atoms in total. The third-order valence-corrected chi connectivity index (χ3v) is 4.46. The SMILES string of the molecule is Cc1cccc(CCN2CC[C@@H](c3cccc(Cl)c3)C2)n1. The van der Waals surface area contributed by atoms with Crippen molar-refractivity contribution in [3.8, 4) is 0 Å². The van der Waals surface area contributed by atoms with E-state index in [1.165, 1.54) is 24.2 Å². The van der Waals surface area contributed by atoms with E-state index in [1.54, 1.807) is 0 Å². The minimum atomic E-state index is 0.620. The molecule has 0 saturated carbocycles. The Morgan fingerprint density at radius 2 is 2.10 bits per heavy atom. The lowest BCUT2D eigenvalue weighted by atomic mass is 9.99. The van der Waals surface area contributed by atoms with Crippen LogP contribution in [0.5, 0.6) is 0 Å². The van der Waals surface area contributed by atoms with Crippen LogP contribution < -0.4 is 0 Å². The van der Waals surface area contributed by atoms with Gasteiger partial charge in [-0.1, -0.05) is 29.8 Å². The number of likely N-dealkylation sites (tertiary alicyclic amines) is 1. The summed E-state index contributed by atoms with van der Waals surface area (Å²) in [6, 6.07) is 14.6. The molecule has 0 spiro atoms. The molecule has 0 N–H and O–H groups in total. The molecule has 1 fully saturated rings. The van der Waals surface area contributed by atoms with Gasteiger partial charge in [0.15, 0.2) is 0 Å². The van der Waals surface area contributed by atoms with Crippen molar-refractivity contribution in [2.45, 2.75) is 25.7 Å². The standard InChI is InChI=1S/C18H21ClN2/c1-14-4-2-7-18(20-14)9-11-21-10-8-16(13-21)15-5-3-6-17(19)12-15/h2-7,12,16H,8-11,13H2,1H3/t16-/m1/s1. The van der Waals surface area contributed by atoms with E-state index in [4.69, 9.17) is 11.6 Å². The summed E-state index contributed by atoms with van der Waals surface area (Å²) in [4.78, 5) is 7.12. The third kappa shape index (κ3) is 3.84. The Labute approximate surface area is 131 Å². The van der Waals surface area contributed by atoms with Crippen molar-refractivity contribution in [2.24, 2.45) is 0 Å². The maximum absolute atomic E-state index is 6.09. The molecule has 1 aromatic carbocycles. The van der Waals surface area contributed by atoms with Gasteiger partial charge in [-0.15, -0.1) is 0 Å². The molecule has 0 radical (unpaired) electrons. The zero-order chi connectivity index (χ0) is 14.7. The van der Waals surface area contributed by atoms with Gasteiger partial charge < -0.3 is 4.90 Å². The van der Waals surface area contributed by atoms with Gasteiger partial charge in [-0.25, -0.2) is 0 Å². The smallest absolute Gasteiger partial charge is 0.0419 e. The molecule has 110 valence electrons. The Balaban J connectivity index is 1.55. The number of hydrogen-bond donors (Lipinski definition) is 0. The first-order valence-corrected chi connectivity index (χ1v) is 7.99. The Kier molecular flexibility index (Phi) is 4.57. The molecule has 0 bridgehead atoms. The minimum absolute atomic E-state index is 0.620. The maximum Gasteiger partial charge on any atom is 0.0419 e. The Morgan fingerprint density at radius 3 is 2.90 bits per heavy atom. The lowest BCUT2D eigenvalue weighted by molar-refractivity contribution is 0.337. The van der Waals surface area contributed by atoms with Crippen LogP contribution in [0.3, 0.4) is 0 Å². The second kappa shape index (κ2) is 6.59. The summed E-state index contributed by atoms with van der Waals surface area (Å²) in [5.41, 5.74) is 3.67. The molecule has 3 heteroatoms. The van der Waals surface area contributed by atoms with Gasteiger partial charge in [-0.3, -0.25) is 4.98 Å². The number of halogens is 1. The van der Waals surface area contributed by atoms with Gasteiger partial charge in [0.2, 0.25) is 0 Å². The summed E-state index contributed by atoms with van der Waals surface area (Å²) < 4.78 is 0. The predicted molar refractivity (Wildman–Crippen MR) is 87.9 cm³/mol. The summed E-state index contributed by atoms with van der Waals surface area (Å²) in [6.07, 6.45) is 2.26. The van der Waals surface area contributed by atoms with Crippen LogP contribution in [0.1, 0.15) is 29.3 Å². The van der Waals surface area contributed by atoms with E-state index < -0.39 is 0 Å². The highest BCUT2D eigenvalue weighted by atomic mass is 35.5. The van der Waals surface area contributed by atoms with E-state index in [1.807, 2.05) is 6.07 Å². The van der Waals surface area contributed by atoms with E-state index in [9.17, 15) is 0 Å². The predicted octanol–water partition coefficient (Wildman–Crippen LogP) is 4.08. The van der Waals surface area contributed by atoms with E-state index >= 15 is 0 Å². The van der Waals surface area contributed by atoms with E-state index in [2.05, 4.69) is 53.2 Å². The van der Waals surface area contributed by atoms with Gasteiger partial charge in [-0.05, 0) is 55.6 Å². The normalized spacial score (nSPS) is 19.0. The number of aromatic nitrogens is 1. The summed E-state index contributed by atoms with van der Waals surface area (Å²) in [5.74, 6) is 0.620. The second-order valence-corrected chi connectivity index (χ2v) is 6.30. The Hall–Kier alpha value is -1.38. The zero-order valence-electron chi connectivity index (χ0n) is 12.4. The highest BCUT2D eigenvalue weighted by molar-refractivity contribution is 6.30. The van der Waals surface area contributed by atoms with Crippen molar-refractivity contribution in [2.75, 3.05) is 19.6 Å². The lowest BCUT2D eigenvalue weighted by Crippen LogP contribution is -2.23. The average Bonchev–Trinajstić information content (AvgIpc) is 2.94. The summed E-state index contributed by atoms with van der Waals surface area (Å²) in [7, 11) is 0. The minimum Gasteiger partial charge on any atom is -0.302 e. The van der Waals surface area contributed by atoms with E-state index in [0.717, 1.165) is 30.2 Å². The molecule has 21 heavy (non-hydrogen) atoms.